The Labute approximate surface area is 84.5 Å². The van der Waals surface area contributed by atoms with Gasteiger partial charge in [-0.1, -0.05) is 0 Å². The van der Waals surface area contributed by atoms with E-state index in [-0.39, 0.29) is 10.8 Å². The molecule has 0 bridgehead atoms. The minimum atomic E-state index is -1.46. The third-order valence-corrected chi connectivity index (χ3v) is 2.80. The van der Waals surface area contributed by atoms with Crippen molar-refractivity contribution in [2.75, 3.05) is 18.3 Å². The van der Waals surface area contributed by atoms with E-state index in [1.807, 2.05) is 0 Å². The van der Waals surface area contributed by atoms with E-state index in [2.05, 4.69) is 0 Å². The predicted octanol–water partition coefficient (Wildman–Crippen LogP) is 1.51. The Bertz CT molecular complexity index is 344. The molecule has 0 radical (unpaired) electrons. The summed E-state index contributed by atoms with van der Waals surface area (Å²) in [4.78, 5) is 0.132. The lowest BCUT2D eigenvalue weighted by Gasteiger charge is -2.04. The number of ether oxygens (including phenoxy) is 1. The molecule has 0 saturated heterocycles. The van der Waals surface area contributed by atoms with Crippen LogP contribution in [-0.4, -0.2) is 16.8 Å². The van der Waals surface area contributed by atoms with E-state index < -0.39 is 16.6 Å². The van der Waals surface area contributed by atoms with Crippen LogP contribution in [0.5, 0.6) is 0 Å². The Morgan fingerprint density at radius 1 is 1.57 bits per heavy atom. The molecule has 0 saturated carbocycles. The molecular formula is C9H12FNO2S. The van der Waals surface area contributed by atoms with Crippen LogP contribution in [-0.2, 0) is 15.5 Å². The summed E-state index contributed by atoms with van der Waals surface area (Å²) in [7, 11) is -1.46. The molecule has 0 spiro atoms. The molecule has 1 atom stereocenters. The van der Waals surface area contributed by atoms with Gasteiger partial charge in [0.2, 0.25) is 0 Å². The van der Waals surface area contributed by atoms with E-state index >= 15 is 0 Å². The quantitative estimate of drug-likeness (QED) is 0.778. The lowest BCUT2D eigenvalue weighted by molar-refractivity contribution is 0.195. The lowest BCUT2D eigenvalue weighted by Crippen LogP contribution is -2.04. The Balaban J connectivity index is 2.80. The van der Waals surface area contributed by atoms with Crippen LogP contribution >= 0.6 is 0 Å². The lowest BCUT2D eigenvalue weighted by atomic mass is 10.3. The van der Waals surface area contributed by atoms with Gasteiger partial charge in [-0.25, -0.2) is 4.39 Å². The zero-order valence-electron chi connectivity index (χ0n) is 7.83. The second-order valence-corrected chi connectivity index (χ2v) is 4.01. The van der Waals surface area contributed by atoms with Crippen molar-refractivity contribution in [3.63, 3.8) is 0 Å². The van der Waals surface area contributed by atoms with E-state index in [1.54, 1.807) is 6.92 Å². The summed E-state index contributed by atoms with van der Waals surface area (Å²) in [6.45, 7) is 2.25. The van der Waals surface area contributed by atoms with E-state index in [9.17, 15) is 8.60 Å². The van der Waals surface area contributed by atoms with Crippen molar-refractivity contribution in [1.29, 1.82) is 0 Å². The molecule has 2 N–H and O–H groups in total. The first-order chi connectivity index (χ1) is 6.65. The topological polar surface area (TPSA) is 52.3 Å². The minimum absolute atomic E-state index is 0.0112. The predicted molar refractivity (Wildman–Crippen MR) is 53.7 cm³/mol. The summed E-state index contributed by atoms with van der Waals surface area (Å²) in [5, 5.41) is 0. The zero-order chi connectivity index (χ0) is 10.6. The normalized spacial score (nSPS) is 12.7. The van der Waals surface area contributed by atoms with Crippen LogP contribution in [0.15, 0.2) is 23.1 Å². The Morgan fingerprint density at radius 2 is 2.29 bits per heavy atom. The molecule has 3 nitrogen and oxygen atoms in total. The molecule has 0 heterocycles. The van der Waals surface area contributed by atoms with Crippen LogP contribution in [0.2, 0.25) is 0 Å². The van der Waals surface area contributed by atoms with Gasteiger partial charge < -0.3 is 10.5 Å². The van der Waals surface area contributed by atoms with Crippen LogP contribution in [0.3, 0.4) is 0 Å². The van der Waals surface area contributed by atoms with Gasteiger partial charge in [0.1, 0.15) is 11.8 Å². The first-order valence-electron chi connectivity index (χ1n) is 4.16. The Morgan fingerprint density at radius 3 is 2.86 bits per heavy atom. The van der Waals surface area contributed by atoms with Gasteiger partial charge in [-0.15, -0.1) is 0 Å². The average molecular weight is 217 g/mol. The smallest absolute Gasteiger partial charge is 0.141 e. The van der Waals surface area contributed by atoms with Gasteiger partial charge in [0, 0.05) is 12.3 Å². The van der Waals surface area contributed by atoms with Crippen molar-refractivity contribution in [1.82, 2.24) is 0 Å². The number of benzene rings is 1. The molecule has 0 aliphatic heterocycles. The highest BCUT2D eigenvalue weighted by molar-refractivity contribution is 7.84. The highest BCUT2D eigenvalue weighted by atomic mass is 32.2. The van der Waals surface area contributed by atoms with Crippen molar-refractivity contribution in [2.24, 2.45) is 0 Å². The molecule has 1 aromatic rings. The van der Waals surface area contributed by atoms with Gasteiger partial charge in [-0.3, -0.25) is 4.21 Å². The first-order valence-corrected chi connectivity index (χ1v) is 5.48. The number of hydrogen-bond donors (Lipinski definition) is 1. The van der Waals surface area contributed by atoms with Gasteiger partial charge >= 0.3 is 0 Å². The fourth-order valence-corrected chi connectivity index (χ4v) is 1.87. The van der Waals surface area contributed by atoms with Gasteiger partial charge in [-0.2, -0.15) is 0 Å². The van der Waals surface area contributed by atoms with Crippen LogP contribution in [0.25, 0.3) is 0 Å². The molecule has 0 amide bonds. The van der Waals surface area contributed by atoms with Crippen molar-refractivity contribution in [3.8, 4) is 0 Å². The minimum Gasteiger partial charge on any atom is -0.399 e. The number of rotatable bonds is 4. The molecule has 0 aliphatic carbocycles. The fraction of sp³-hybridized carbons (Fsp3) is 0.333. The number of nitrogen functional groups attached to an aromatic ring is 1. The molecule has 78 valence electrons. The van der Waals surface area contributed by atoms with Crippen molar-refractivity contribution in [2.45, 2.75) is 11.8 Å². The molecule has 0 fully saturated rings. The molecule has 1 aromatic carbocycles. The van der Waals surface area contributed by atoms with Crippen LogP contribution in [0.4, 0.5) is 10.1 Å². The summed E-state index contributed by atoms with van der Waals surface area (Å²) in [6.07, 6.45) is 0. The standard InChI is InChI=1S/C9H12FNO2S/c1-2-13-6-14(12)9-4-3-7(11)5-8(9)10/h3-5H,2,6,11H2,1H3. The van der Waals surface area contributed by atoms with Crippen molar-refractivity contribution in [3.05, 3.63) is 24.0 Å². The Kier molecular flexibility index (Phi) is 4.03. The monoisotopic (exact) mass is 217 g/mol. The van der Waals surface area contributed by atoms with Crippen LogP contribution in [0, 0.1) is 5.82 Å². The van der Waals surface area contributed by atoms with Crippen LogP contribution in [0.1, 0.15) is 6.92 Å². The SMILES string of the molecule is CCOCS(=O)c1ccc(N)cc1F. The fourth-order valence-electron chi connectivity index (χ4n) is 0.924. The molecule has 5 heteroatoms. The summed E-state index contributed by atoms with van der Waals surface area (Å²) >= 11 is 0. The third-order valence-electron chi connectivity index (χ3n) is 1.60. The molecule has 0 aromatic heterocycles. The van der Waals surface area contributed by atoms with E-state index in [4.69, 9.17) is 10.5 Å². The van der Waals surface area contributed by atoms with Crippen LogP contribution < -0.4 is 5.73 Å². The van der Waals surface area contributed by atoms with Gasteiger partial charge in [0.05, 0.1) is 15.7 Å². The maximum absolute atomic E-state index is 13.2. The Hall–Kier alpha value is -0.940. The molecule has 0 aliphatic rings. The molecule has 1 rings (SSSR count). The molecule has 1 unspecified atom stereocenters. The maximum Gasteiger partial charge on any atom is 0.141 e. The van der Waals surface area contributed by atoms with Gasteiger partial charge in [-0.05, 0) is 25.1 Å². The third kappa shape index (κ3) is 2.78. The molecule has 14 heavy (non-hydrogen) atoms. The van der Waals surface area contributed by atoms with E-state index in [0.717, 1.165) is 6.07 Å². The first kappa shape index (κ1) is 11.1. The largest absolute Gasteiger partial charge is 0.399 e. The second kappa shape index (κ2) is 5.07. The summed E-state index contributed by atoms with van der Waals surface area (Å²) in [6, 6.07) is 4.08. The zero-order valence-corrected chi connectivity index (χ0v) is 8.64. The van der Waals surface area contributed by atoms with E-state index in [0.29, 0.717) is 12.3 Å². The van der Waals surface area contributed by atoms with Gasteiger partial charge in [0.15, 0.2) is 0 Å². The number of hydrogen-bond acceptors (Lipinski definition) is 3. The average Bonchev–Trinajstić information content (AvgIpc) is 2.14. The molecular weight excluding hydrogens is 205 g/mol. The van der Waals surface area contributed by atoms with E-state index in [1.165, 1.54) is 12.1 Å². The summed E-state index contributed by atoms with van der Waals surface area (Å²) < 4.78 is 29.6. The highest BCUT2D eigenvalue weighted by Crippen LogP contribution is 2.15. The van der Waals surface area contributed by atoms with Crippen molar-refractivity contribution < 1.29 is 13.3 Å². The van der Waals surface area contributed by atoms with Crippen molar-refractivity contribution >= 4 is 16.5 Å². The number of anilines is 1. The number of nitrogens with two attached hydrogens (primary N) is 1. The second-order valence-electron chi connectivity index (χ2n) is 2.65. The van der Waals surface area contributed by atoms with Gasteiger partial charge in [0.25, 0.3) is 0 Å². The maximum atomic E-state index is 13.2. The summed E-state index contributed by atoms with van der Waals surface area (Å²) in [5.41, 5.74) is 5.68. The summed E-state index contributed by atoms with van der Waals surface area (Å²) in [5.74, 6) is -0.541. The number of halogens is 1. The highest BCUT2D eigenvalue weighted by Gasteiger charge is 2.09.